The molecular weight excluding hydrogens is 226 g/mol. The van der Waals surface area contributed by atoms with Crippen molar-refractivity contribution in [2.24, 2.45) is 7.05 Å². The van der Waals surface area contributed by atoms with E-state index < -0.39 is 0 Å². The molecule has 0 spiro atoms. The number of hydrogen-bond acceptors (Lipinski definition) is 3. The molecule has 0 aliphatic heterocycles. The molecule has 3 rings (SSSR count). The van der Waals surface area contributed by atoms with Gasteiger partial charge in [-0.15, -0.1) is 0 Å². The zero-order chi connectivity index (χ0) is 11.1. The molecule has 6 heteroatoms. The van der Waals surface area contributed by atoms with Crippen LogP contribution < -0.4 is 0 Å². The van der Waals surface area contributed by atoms with Crippen LogP contribution in [0.5, 0.6) is 0 Å². The highest BCUT2D eigenvalue weighted by molar-refractivity contribution is 6.32. The molecule has 80 valence electrons. The van der Waals surface area contributed by atoms with E-state index in [1.165, 1.54) is 0 Å². The van der Waals surface area contributed by atoms with Gasteiger partial charge in [-0.2, -0.15) is 10.2 Å². The molecule has 0 saturated heterocycles. The predicted octanol–water partition coefficient (Wildman–Crippen LogP) is 1.78. The second kappa shape index (κ2) is 3.31. The van der Waals surface area contributed by atoms with E-state index in [-0.39, 0.29) is 0 Å². The minimum absolute atomic E-state index is 0.443. The summed E-state index contributed by atoms with van der Waals surface area (Å²) in [6, 6.07) is 1.82. The van der Waals surface area contributed by atoms with Crippen molar-refractivity contribution in [3.05, 3.63) is 36.0 Å². The van der Waals surface area contributed by atoms with E-state index in [4.69, 9.17) is 11.6 Å². The maximum Gasteiger partial charge on any atom is 0.155 e. The highest BCUT2D eigenvalue weighted by Crippen LogP contribution is 2.21. The molecule has 0 fully saturated rings. The van der Waals surface area contributed by atoms with Crippen LogP contribution >= 0.6 is 11.6 Å². The number of hydrogen-bond donors (Lipinski definition) is 0. The van der Waals surface area contributed by atoms with Crippen molar-refractivity contribution in [3.8, 4) is 11.3 Å². The van der Waals surface area contributed by atoms with Gasteiger partial charge in [-0.25, -0.2) is 9.50 Å². The first-order chi connectivity index (χ1) is 7.74. The van der Waals surface area contributed by atoms with Crippen LogP contribution in [0.15, 0.2) is 30.9 Å². The molecule has 3 heterocycles. The molecule has 5 nitrogen and oxygen atoms in total. The number of halogens is 1. The fourth-order valence-electron chi connectivity index (χ4n) is 1.58. The van der Waals surface area contributed by atoms with E-state index in [1.54, 1.807) is 21.6 Å². The lowest BCUT2D eigenvalue weighted by Gasteiger charge is -2.00. The van der Waals surface area contributed by atoms with Crippen molar-refractivity contribution in [3.63, 3.8) is 0 Å². The topological polar surface area (TPSA) is 48.0 Å². The van der Waals surface area contributed by atoms with Gasteiger partial charge in [0.2, 0.25) is 0 Å². The monoisotopic (exact) mass is 233 g/mol. The molecule has 0 aromatic carbocycles. The standard InChI is InChI=1S/C10H8ClN5/c1-15-5-7(4-13-15)8-6-16-9(2-3-12-16)10(11)14-8/h2-6H,1H3. The van der Waals surface area contributed by atoms with Crippen LogP contribution in [0.4, 0.5) is 0 Å². The summed E-state index contributed by atoms with van der Waals surface area (Å²) in [5.41, 5.74) is 2.48. The summed E-state index contributed by atoms with van der Waals surface area (Å²) in [5, 5.41) is 8.68. The molecule has 0 aliphatic carbocycles. The van der Waals surface area contributed by atoms with Crippen LogP contribution in [0, 0.1) is 0 Å². The van der Waals surface area contributed by atoms with Crippen molar-refractivity contribution >= 4 is 17.1 Å². The highest BCUT2D eigenvalue weighted by Gasteiger charge is 2.07. The Bertz CT molecular complexity index is 654. The second-order valence-corrected chi connectivity index (χ2v) is 3.84. The van der Waals surface area contributed by atoms with Gasteiger partial charge in [0.15, 0.2) is 5.15 Å². The first-order valence-electron chi connectivity index (χ1n) is 4.73. The van der Waals surface area contributed by atoms with Crippen LogP contribution in [-0.2, 0) is 7.05 Å². The summed E-state index contributed by atoms with van der Waals surface area (Å²) in [6.45, 7) is 0. The molecule has 0 atom stereocenters. The van der Waals surface area contributed by atoms with E-state index in [9.17, 15) is 0 Å². The third-order valence-electron chi connectivity index (χ3n) is 2.35. The van der Waals surface area contributed by atoms with Crippen molar-refractivity contribution in [2.45, 2.75) is 0 Å². The third-order valence-corrected chi connectivity index (χ3v) is 2.62. The van der Waals surface area contributed by atoms with Gasteiger partial charge in [-0.1, -0.05) is 11.6 Å². The van der Waals surface area contributed by atoms with Crippen LogP contribution in [0.1, 0.15) is 0 Å². The predicted molar refractivity (Wildman–Crippen MR) is 60.2 cm³/mol. The molecule has 0 N–H and O–H groups in total. The van der Waals surface area contributed by atoms with Gasteiger partial charge in [-0.05, 0) is 6.07 Å². The summed E-state index contributed by atoms with van der Waals surface area (Å²) in [5.74, 6) is 0. The lowest BCUT2D eigenvalue weighted by atomic mass is 10.3. The number of aromatic nitrogens is 5. The Hall–Kier alpha value is -1.88. The van der Waals surface area contributed by atoms with Crippen molar-refractivity contribution < 1.29 is 0 Å². The Labute approximate surface area is 96.3 Å². The third kappa shape index (κ3) is 1.37. The van der Waals surface area contributed by atoms with Gasteiger partial charge >= 0.3 is 0 Å². The quantitative estimate of drug-likeness (QED) is 0.644. The van der Waals surface area contributed by atoms with E-state index in [2.05, 4.69) is 15.2 Å². The first-order valence-corrected chi connectivity index (χ1v) is 5.11. The smallest absolute Gasteiger partial charge is 0.155 e. The zero-order valence-corrected chi connectivity index (χ0v) is 9.26. The maximum atomic E-state index is 6.06. The van der Waals surface area contributed by atoms with Gasteiger partial charge in [-0.3, -0.25) is 4.68 Å². The normalized spacial score (nSPS) is 11.1. The molecule has 0 amide bonds. The van der Waals surface area contributed by atoms with Gasteiger partial charge in [0, 0.05) is 18.8 Å². The molecule has 3 aromatic rings. The first kappa shape index (κ1) is 9.35. The molecule has 0 radical (unpaired) electrons. The Morgan fingerprint density at radius 2 is 2.12 bits per heavy atom. The number of rotatable bonds is 1. The fraction of sp³-hybridized carbons (Fsp3) is 0.100. The molecule has 3 aromatic heterocycles. The van der Waals surface area contributed by atoms with Crippen LogP contribution in [-0.4, -0.2) is 24.4 Å². The molecule has 0 bridgehead atoms. The fourth-order valence-corrected chi connectivity index (χ4v) is 1.82. The molecule has 16 heavy (non-hydrogen) atoms. The zero-order valence-electron chi connectivity index (χ0n) is 8.50. The molecule has 0 unspecified atom stereocenters. The minimum atomic E-state index is 0.443. The second-order valence-electron chi connectivity index (χ2n) is 3.48. The molecule has 0 saturated carbocycles. The van der Waals surface area contributed by atoms with Crippen LogP contribution in [0.2, 0.25) is 5.15 Å². The van der Waals surface area contributed by atoms with Gasteiger partial charge < -0.3 is 0 Å². The summed E-state index contributed by atoms with van der Waals surface area (Å²) >= 11 is 6.06. The van der Waals surface area contributed by atoms with E-state index in [0.717, 1.165) is 16.8 Å². The average molecular weight is 234 g/mol. The summed E-state index contributed by atoms with van der Waals surface area (Å²) in [6.07, 6.45) is 7.15. The van der Waals surface area contributed by atoms with Gasteiger partial charge in [0.1, 0.15) is 5.52 Å². The van der Waals surface area contributed by atoms with Gasteiger partial charge in [0.25, 0.3) is 0 Å². The molecule has 0 aliphatic rings. The Kier molecular flexibility index (Phi) is 1.94. The lowest BCUT2D eigenvalue weighted by molar-refractivity contribution is 0.768. The van der Waals surface area contributed by atoms with E-state index in [1.807, 2.05) is 25.5 Å². The highest BCUT2D eigenvalue weighted by atomic mass is 35.5. The summed E-state index contributed by atoms with van der Waals surface area (Å²) < 4.78 is 3.43. The largest absolute Gasteiger partial charge is 0.275 e. The van der Waals surface area contributed by atoms with Crippen LogP contribution in [0.25, 0.3) is 16.8 Å². The Morgan fingerprint density at radius 1 is 1.25 bits per heavy atom. The average Bonchev–Trinajstić information content (AvgIpc) is 2.85. The summed E-state index contributed by atoms with van der Waals surface area (Å²) in [7, 11) is 1.86. The van der Waals surface area contributed by atoms with Gasteiger partial charge in [0.05, 0.1) is 24.3 Å². The Morgan fingerprint density at radius 3 is 2.88 bits per heavy atom. The Balaban J connectivity index is 2.24. The van der Waals surface area contributed by atoms with Crippen molar-refractivity contribution in [2.75, 3.05) is 0 Å². The number of aryl methyl sites for hydroxylation is 1. The number of nitrogens with zero attached hydrogens (tertiary/aromatic N) is 5. The number of fused-ring (bicyclic) bond motifs is 1. The summed E-state index contributed by atoms with van der Waals surface area (Å²) in [4.78, 5) is 4.31. The van der Waals surface area contributed by atoms with Crippen LogP contribution in [0.3, 0.4) is 0 Å². The van der Waals surface area contributed by atoms with E-state index in [0.29, 0.717) is 5.15 Å². The molecular formula is C10H8ClN5. The minimum Gasteiger partial charge on any atom is -0.275 e. The lowest BCUT2D eigenvalue weighted by Crippen LogP contribution is -1.92. The SMILES string of the molecule is Cn1cc(-c2cn3nccc3c(Cl)n2)cn1. The van der Waals surface area contributed by atoms with Crippen molar-refractivity contribution in [1.82, 2.24) is 24.4 Å². The van der Waals surface area contributed by atoms with Crippen molar-refractivity contribution in [1.29, 1.82) is 0 Å². The maximum absolute atomic E-state index is 6.06. The van der Waals surface area contributed by atoms with E-state index >= 15 is 0 Å².